The van der Waals surface area contributed by atoms with Crippen LogP contribution in [0.15, 0.2) is 42.6 Å². The van der Waals surface area contributed by atoms with Crippen LogP contribution in [0.4, 0.5) is 11.5 Å². The highest BCUT2D eigenvalue weighted by Gasteiger charge is 2.07. The topological polar surface area (TPSA) is 72.5 Å². The van der Waals surface area contributed by atoms with Crippen LogP contribution in [-0.4, -0.2) is 38.3 Å². The van der Waals surface area contributed by atoms with E-state index in [-0.39, 0.29) is 5.91 Å². The summed E-state index contributed by atoms with van der Waals surface area (Å²) in [5.41, 5.74) is 1.16. The maximum atomic E-state index is 12.2. The maximum Gasteiger partial charge on any atom is 0.255 e. The highest BCUT2D eigenvalue weighted by molar-refractivity contribution is 6.04. The van der Waals surface area contributed by atoms with Gasteiger partial charge in [0.1, 0.15) is 11.6 Å². The minimum absolute atomic E-state index is 0.208. The van der Waals surface area contributed by atoms with Crippen molar-refractivity contribution in [2.24, 2.45) is 0 Å². The number of rotatable bonds is 7. The summed E-state index contributed by atoms with van der Waals surface area (Å²) >= 11 is 0. The zero-order valence-corrected chi connectivity index (χ0v) is 12.6. The number of aromatic nitrogens is 1. The van der Waals surface area contributed by atoms with Crippen LogP contribution in [0, 0.1) is 0 Å². The van der Waals surface area contributed by atoms with Gasteiger partial charge in [0.2, 0.25) is 0 Å². The van der Waals surface area contributed by atoms with Crippen molar-refractivity contribution in [2.45, 2.75) is 0 Å². The zero-order valence-electron chi connectivity index (χ0n) is 12.6. The molecule has 0 radical (unpaired) electrons. The molecule has 1 aromatic carbocycles. The highest BCUT2D eigenvalue weighted by Crippen LogP contribution is 2.15. The van der Waals surface area contributed by atoms with Gasteiger partial charge in [0.15, 0.2) is 0 Å². The Balaban J connectivity index is 1.96. The zero-order chi connectivity index (χ0) is 15.8. The van der Waals surface area contributed by atoms with E-state index >= 15 is 0 Å². The van der Waals surface area contributed by atoms with Crippen molar-refractivity contribution in [1.82, 2.24) is 4.98 Å². The van der Waals surface area contributed by atoms with Gasteiger partial charge in [-0.25, -0.2) is 4.98 Å². The predicted molar refractivity (Wildman–Crippen MR) is 85.5 cm³/mol. The van der Waals surface area contributed by atoms with E-state index in [0.717, 1.165) is 5.82 Å². The van der Waals surface area contributed by atoms with Gasteiger partial charge in [0.05, 0.1) is 25.6 Å². The monoisotopic (exact) mass is 301 g/mol. The molecule has 0 bridgehead atoms. The number of ether oxygens (including phenoxy) is 2. The molecule has 2 N–H and O–H groups in total. The van der Waals surface area contributed by atoms with Gasteiger partial charge in [0.25, 0.3) is 5.91 Å². The van der Waals surface area contributed by atoms with Crippen LogP contribution in [0.25, 0.3) is 0 Å². The first-order valence-electron chi connectivity index (χ1n) is 6.87. The molecule has 2 rings (SSSR count). The number of nitrogens with one attached hydrogen (secondary N) is 2. The van der Waals surface area contributed by atoms with E-state index < -0.39 is 0 Å². The van der Waals surface area contributed by atoms with E-state index in [9.17, 15) is 4.79 Å². The molecule has 1 aromatic heterocycles. The molecule has 0 fully saturated rings. The van der Waals surface area contributed by atoms with Crippen LogP contribution in [0.5, 0.6) is 5.75 Å². The number of hydrogen-bond acceptors (Lipinski definition) is 5. The molecule has 6 nitrogen and oxygen atoms in total. The van der Waals surface area contributed by atoms with Crippen LogP contribution < -0.4 is 15.4 Å². The molecule has 2 aromatic rings. The molecule has 0 unspecified atom stereocenters. The molecule has 0 saturated heterocycles. The van der Waals surface area contributed by atoms with E-state index in [0.29, 0.717) is 30.2 Å². The molecular weight excluding hydrogens is 282 g/mol. The Labute approximate surface area is 129 Å². The minimum Gasteiger partial charge on any atom is -0.497 e. The Morgan fingerprint density at radius 1 is 1.23 bits per heavy atom. The van der Waals surface area contributed by atoms with E-state index in [1.165, 1.54) is 0 Å². The lowest BCUT2D eigenvalue weighted by atomic mass is 10.2. The van der Waals surface area contributed by atoms with Crippen molar-refractivity contribution < 1.29 is 14.3 Å². The van der Waals surface area contributed by atoms with Gasteiger partial charge in [-0.3, -0.25) is 4.79 Å². The molecule has 0 saturated carbocycles. The van der Waals surface area contributed by atoms with Gasteiger partial charge < -0.3 is 20.1 Å². The number of methoxy groups -OCH3 is 2. The Kier molecular flexibility index (Phi) is 5.73. The van der Waals surface area contributed by atoms with Gasteiger partial charge in [0, 0.05) is 19.2 Å². The summed E-state index contributed by atoms with van der Waals surface area (Å²) in [5, 5.41) is 5.90. The normalized spacial score (nSPS) is 10.1. The number of carbonyl (C=O) groups excluding carboxylic acids is 1. The summed E-state index contributed by atoms with van der Waals surface area (Å²) in [6, 6.07) is 10.6. The van der Waals surface area contributed by atoms with Crippen LogP contribution in [0.1, 0.15) is 10.4 Å². The average Bonchev–Trinajstić information content (AvgIpc) is 2.56. The summed E-state index contributed by atoms with van der Waals surface area (Å²) < 4.78 is 10.1. The third kappa shape index (κ3) is 4.46. The first-order chi connectivity index (χ1) is 10.7. The van der Waals surface area contributed by atoms with Crippen LogP contribution in [-0.2, 0) is 4.74 Å². The number of pyridine rings is 1. The fourth-order valence-corrected chi connectivity index (χ4v) is 1.82. The fourth-order valence-electron chi connectivity index (χ4n) is 1.82. The summed E-state index contributed by atoms with van der Waals surface area (Å²) in [4.78, 5) is 16.4. The number of nitrogens with zero attached hydrogens (tertiary/aromatic N) is 1. The van der Waals surface area contributed by atoms with E-state index in [1.807, 2.05) is 0 Å². The van der Waals surface area contributed by atoms with Gasteiger partial charge in [-0.1, -0.05) is 6.07 Å². The van der Waals surface area contributed by atoms with Crippen molar-refractivity contribution in [3.63, 3.8) is 0 Å². The molecule has 0 atom stereocenters. The molecule has 116 valence electrons. The first kappa shape index (κ1) is 15.8. The summed E-state index contributed by atoms with van der Waals surface area (Å²) in [6.45, 7) is 1.29. The number of hydrogen-bond donors (Lipinski definition) is 2. The number of amides is 1. The number of anilines is 2. The second-order valence-corrected chi connectivity index (χ2v) is 4.54. The molecule has 6 heteroatoms. The van der Waals surface area contributed by atoms with Crippen LogP contribution >= 0.6 is 0 Å². The summed E-state index contributed by atoms with van der Waals surface area (Å²) in [5.74, 6) is 1.17. The second kappa shape index (κ2) is 7.99. The minimum atomic E-state index is -0.208. The van der Waals surface area contributed by atoms with Gasteiger partial charge in [-0.15, -0.1) is 0 Å². The molecule has 1 amide bonds. The Morgan fingerprint density at radius 3 is 2.77 bits per heavy atom. The largest absolute Gasteiger partial charge is 0.497 e. The lowest BCUT2D eigenvalue weighted by Crippen LogP contribution is -2.13. The van der Waals surface area contributed by atoms with Gasteiger partial charge >= 0.3 is 0 Å². The molecule has 0 aliphatic rings. The summed E-state index contributed by atoms with van der Waals surface area (Å²) in [6.07, 6.45) is 1.60. The standard InChI is InChI=1S/C16H19N3O3/c1-21-9-8-17-15-7-6-13(11-18-15)19-16(20)12-4-3-5-14(10-12)22-2/h3-7,10-11H,8-9H2,1-2H3,(H,17,18)(H,19,20). The molecule has 1 heterocycles. The third-order valence-electron chi connectivity index (χ3n) is 2.97. The van der Waals surface area contributed by atoms with E-state index in [1.54, 1.807) is 56.8 Å². The Bertz CT molecular complexity index is 614. The van der Waals surface area contributed by atoms with Crippen molar-refractivity contribution in [3.8, 4) is 5.75 Å². The predicted octanol–water partition coefficient (Wildman–Crippen LogP) is 2.40. The second-order valence-electron chi connectivity index (χ2n) is 4.54. The van der Waals surface area contributed by atoms with Crippen molar-refractivity contribution in [2.75, 3.05) is 38.0 Å². The van der Waals surface area contributed by atoms with Crippen molar-refractivity contribution >= 4 is 17.4 Å². The molecule has 22 heavy (non-hydrogen) atoms. The van der Waals surface area contributed by atoms with Crippen LogP contribution in [0.3, 0.4) is 0 Å². The maximum absolute atomic E-state index is 12.2. The first-order valence-corrected chi connectivity index (χ1v) is 6.87. The Morgan fingerprint density at radius 2 is 2.09 bits per heavy atom. The van der Waals surface area contributed by atoms with Gasteiger partial charge in [-0.2, -0.15) is 0 Å². The molecule has 0 aliphatic carbocycles. The molecular formula is C16H19N3O3. The number of benzene rings is 1. The summed E-state index contributed by atoms with van der Waals surface area (Å²) in [7, 11) is 3.21. The third-order valence-corrected chi connectivity index (χ3v) is 2.97. The molecule has 0 spiro atoms. The average molecular weight is 301 g/mol. The van der Waals surface area contributed by atoms with Gasteiger partial charge in [-0.05, 0) is 30.3 Å². The smallest absolute Gasteiger partial charge is 0.255 e. The molecule has 0 aliphatic heterocycles. The van der Waals surface area contributed by atoms with Crippen molar-refractivity contribution in [1.29, 1.82) is 0 Å². The lowest BCUT2D eigenvalue weighted by molar-refractivity contribution is 0.102. The van der Waals surface area contributed by atoms with E-state index in [2.05, 4.69) is 15.6 Å². The van der Waals surface area contributed by atoms with Crippen molar-refractivity contribution in [3.05, 3.63) is 48.2 Å². The fraction of sp³-hybridized carbons (Fsp3) is 0.250. The van der Waals surface area contributed by atoms with Crippen LogP contribution in [0.2, 0.25) is 0 Å². The quantitative estimate of drug-likeness (QED) is 0.768. The lowest BCUT2D eigenvalue weighted by Gasteiger charge is -2.08. The highest BCUT2D eigenvalue weighted by atomic mass is 16.5. The Hall–Kier alpha value is -2.60. The van der Waals surface area contributed by atoms with E-state index in [4.69, 9.17) is 9.47 Å². The number of carbonyl (C=O) groups is 1. The SMILES string of the molecule is COCCNc1ccc(NC(=O)c2cccc(OC)c2)cn1.